The first-order valence-corrected chi connectivity index (χ1v) is 9.42. The fraction of sp³-hybridized carbons (Fsp3) is 0.692. The average Bonchev–Trinajstić information content (AvgIpc) is 2.82. The lowest BCUT2D eigenvalue weighted by molar-refractivity contribution is 0.202. The zero-order chi connectivity index (χ0) is 14.0. The first-order valence-electron chi connectivity index (χ1n) is 6.63. The minimum absolute atomic E-state index is 0.0809. The Morgan fingerprint density at radius 3 is 2.84 bits per heavy atom. The molecule has 2 unspecified atom stereocenters. The standard InChI is InChI=1S/C13H20ClNO2S2/c1-10-4-3-9-15(11(10)2)19(16,17)13-6-5-12(18-13)7-8-14/h5-6,10-11H,3-4,7-9H2,1-2H3. The van der Waals surface area contributed by atoms with Crippen LogP contribution in [0, 0.1) is 5.92 Å². The Morgan fingerprint density at radius 1 is 1.42 bits per heavy atom. The smallest absolute Gasteiger partial charge is 0.206 e. The Balaban J connectivity index is 2.25. The van der Waals surface area contributed by atoms with E-state index in [1.807, 2.05) is 13.0 Å². The molecule has 2 heterocycles. The topological polar surface area (TPSA) is 37.4 Å². The molecule has 0 radical (unpaired) electrons. The van der Waals surface area contributed by atoms with Gasteiger partial charge in [-0.1, -0.05) is 6.92 Å². The number of hydrogen-bond donors (Lipinski definition) is 0. The third-order valence-electron chi connectivity index (χ3n) is 3.86. The minimum Gasteiger partial charge on any atom is -0.206 e. The van der Waals surface area contributed by atoms with Gasteiger partial charge < -0.3 is 0 Å². The van der Waals surface area contributed by atoms with Gasteiger partial charge in [0.05, 0.1) is 0 Å². The predicted molar refractivity (Wildman–Crippen MR) is 80.5 cm³/mol. The monoisotopic (exact) mass is 321 g/mol. The second kappa shape index (κ2) is 6.12. The fourth-order valence-electron chi connectivity index (χ4n) is 2.48. The molecule has 0 bridgehead atoms. The zero-order valence-electron chi connectivity index (χ0n) is 11.3. The quantitative estimate of drug-likeness (QED) is 0.798. The lowest BCUT2D eigenvalue weighted by atomic mass is 9.94. The molecule has 108 valence electrons. The van der Waals surface area contributed by atoms with Gasteiger partial charge in [0.15, 0.2) is 0 Å². The second-order valence-corrected chi connectivity index (χ2v) is 8.80. The largest absolute Gasteiger partial charge is 0.252 e. The first-order chi connectivity index (χ1) is 8.96. The Hall–Kier alpha value is -0.100. The number of halogens is 1. The highest BCUT2D eigenvalue weighted by Gasteiger charge is 2.35. The number of hydrogen-bond acceptors (Lipinski definition) is 3. The molecule has 19 heavy (non-hydrogen) atoms. The fourth-order valence-corrected chi connectivity index (χ4v) is 6.04. The zero-order valence-corrected chi connectivity index (χ0v) is 13.7. The van der Waals surface area contributed by atoms with Crippen LogP contribution >= 0.6 is 22.9 Å². The van der Waals surface area contributed by atoms with Crippen LogP contribution in [0.15, 0.2) is 16.3 Å². The maximum absolute atomic E-state index is 12.7. The third-order valence-corrected chi connectivity index (χ3v) is 7.64. The molecule has 2 atom stereocenters. The summed E-state index contributed by atoms with van der Waals surface area (Å²) in [5.41, 5.74) is 0. The van der Waals surface area contributed by atoms with Crippen molar-refractivity contribution in [2.24, 2.45) is 5.92 Å². The summed E-state index contributed by atoms with van der Waals surface area (Å²) in [7, 11) is -3.33. The molecule has 6 heteroatoms. The summed E-state index contributed by atoms with van der Waals surface area (Å²) in [4.78, 5) is 1.03. The van der Waals surface area contributed by atoms with Crippen LogP contribution in [0.2, 0.25) is 0 Å². The van der Waals surface area contributed by atoms with Crippen molar-refractivity contribution in [3.05, 3.63) is 17.0 Å². The number of piperidine rings is 1. The summed E-state index contributed by atoms with van der Waals surface area (Å²) < 4.78 is 27.4. The van der Waals surface area contributed by atoms with Crippen LogP contribution in [0.4, 0.5) is 0 Å². The van der Waals surface area contributed by atoms with Crippen LogP contribution in [-0.2, 0) is 16.4 Å². The van der Waals surface area contributed by atoms with E-state index in [2.05, 4.69) is 6.92 Å². The summed E-state index contributed by atoms with van der Waals surface area (Å²) >= 11 is 7.04. The molecule has 2 rings (SSSR count). The van der Waals surface area contributed by atoms with Gasteiger partial charge in [-0.15, -0.1) is 22.9 Å². The van der Waals surface area contributed by atoms with Gasteiger partial charge in [0.1, 0.15) is 4.21 Å². The molecule has 0 spiro atoms. The summed E-state index contributed by atoms with van der Waals surface area (Å²) in [5.74, 6) is 0.947. The van der Waals surface area contributed by atoms with Crippen molar-refractivity contribution < 1.29 is 8.42 Å². The van der Waals surface area contributed by atoms with E-state index in [4.69, 9.17) is 11.6 Å². The molecule has 0 saturated carbocycles. The summed E-state index contributed by atoms with van der Waals surface area (Å²) in [5, 5.41) is 0. The number of thiophene rings is 1. The Morgan fingerprint density at radius 2 is 2.16 bits per heavy atom. The van der Waals surface area contributed by atoms with Crippen molar-refractivity contribution in [2.75, 3.05) is 12.4 Å². The van der Waals surface area contributed by atoms with Gasteiger partial charge in [-0.2, -0.15) is 4.31 Å². The average molecular weight is 322 g/mol. The molecule has 1 aliphatic heterocycles. The van der Waals surface area contributed by atoms with E-state index in [1.54, 1.807) is 10.4 Å². The van der Waals surface area contributed by atoms with Crippen LogP contribution in [0.1, 0.15) is 31.6 Å². The molecule has 0 N–H and O–H groups in total. The molecule has 1 aromatic rings. The highest BCUT2D eigenvalue weighted by atomic mass is 35.5. The second-order valence-electron chi connectivity index (χ2n) is 5.14. The van der Waals surface area contributed by atoms with E-state index in [9.17, 15) is 8.42 Å². The molecule has 0 amide bonds. The van der Waals surface area contributed by atoms with Crippen LogP contribution in [0.5, 0.6) is 0 Å². The van der Waals surface area contributed by atoms with Crippen molar-refractivity contribution >= 4 is 33.0 Å². The summed E-state index contributed by atoms with van der Waals surface area (Å²) in [6.45, 7) is 4.77. The highest BCUT2D eigenvalue weighted by molar-refractivity contribution is 7.91. The normalized spacial score (nSPS) is 25.6. The Bertz CT molecular complexity index is 527. The molecule has 3 nitrogen and oxygen atoms in total. The molecular formula is C13H20ClNO2S2. The molecular weight excluding hydrogens is 302 g/mol. The van der Waals surface area contributed by atoms with Crippen molar-refractivity contribution in [1.82, 2.24) is 4.31 Å². The van der Waals surface area contributed by atoms with E-state index in [-0.39, 0.29) is 6.04 Å². The summed E-state index contributed by atoms with van der Waals surface area (Å²) in [6, 6.07) is 3.67. The van der Waals surface area contributed by atoms with Gasteiger partial charge in [0.25, 0.3) is 10.0 Å². The van der Waals surface area contributed by atoms with Crippen molar-refractivity contribution in [2.45, 2.75) is 43.4 Å². The molecule has 1 saturated heterocycles. The predicted octanol–water partition coefficient (Wildman–Crippen LogP) is 3.34. The van der Waals surface area contributed by atoms with Gasteiger partial charge in [0.2, 0.25) is 0 Å². The lowest BCUT2D eigenvalue weighted by Gasteiger charge is -2.36. The van der Waals surface area contributed by atoms with Crippen molar-refractivity contribution in [3.8, 4) is 0 Å². The third kappa shape index (κ3) is 3.15. The van der Waals surface area contributed by atoms with Gasteiger partial charge in [-0.3, -0.25) is 0 Å². The molecule has 1 fully saturated rings. The number of alkyl halides is 1. The highest BCUT2D eigenvalue weighted by Crippen LogP contribution is 2.32. The van der Waals surface area contributed by atoms with Crippen LogP contribution in [0.3, 0.4) is 0 Å². The van der Waals surface area contributed by atoms with E-state index < -0.39 is 10.0 Å². The molecule has 1 aliphatic rings. The molecule has 1 aromatic heterocycles. The van der Waals surface area contributed by atoms with Crippen molar-refractivity contribution in [1.29, 1.82) is 0 Å². The van der Waals surface area contributed by atoms with E-state index >= 15 is 0 Å². The lowest BCUT2D eigenvalue weighted by Crippen LogP contribution is -2.45. The number of sulfonamides is 1. The Kier molecular flexibility index (Phi) is 4.93. The number of aryl methyl sites for hydroxylation is 1. The minimum atomic E-state index is -3.33. The van der Waals surface area contributed by atoms with Crippen LogP contribution in [-0.4, -0.2) is 31.2 Å². The SMILES string of the molecule is CC1CCCN(S(=O)(=O)c2ccc(CCCl)s2)C1C. The van der Waals surface area contributed by atoms with E-state index in [1.165, 1.54) is 11.3 Å². The van der Waals surface area contributed by atoms with Gasteiger partial charge in [0, 0.05) is 23.3 Å². The first kappa shape index (κ1) is 15.3. The van der Waals surface area contributed by atoms with Crippen LogP contribution in [0.25, 0.3) is 0 Å². The van der Waals surface area contributed by atoms with Gasteiger partial charge >= 0.3 is 0 Å². The van der Waals surface area contributed by atoms with Gasteiger partial charge in [-0.25, -0.2) is 8.42 Å². The Labute approximate surface area is 124 Å². The van der Waals surface area contributed by atoms with E-state index in [0.717, 1.165) is 24.1 Å². The van der Waals surface area contributed by atoms with Gasteiger partial charge in [-0.05, 0) is 44.2 Å². The number of nitrogens with zero attached hydrogens (tertiary/aromatic N) is 1. The van der Waals surface area contributed by atoms with E-state index in [0.29, 0.717) is 22.6 Å². The maximum atomic E-state index is 12.7. The molecule has 0 aromatic carbocycles. The maximum Gasteiger partial charge on any atom is 0.252 e. The van der Waals surface area contributed by atoms with Crippen LogP contribution < -0.4 is 0 Å². The number of rotatable bonds is 4. The summed E-state index contributed by atoms with van der Waals surface area (Å²) in [6.07, 6.45) is 2.79. The molecule has 0 aliphatic carbocycles. The van der Waals surface area contributed by atoms with Crippen molar-refractivity contribution in [3.63, 3.8) is 0 Å².